The summed E-state index contributed by atoms with van der Waals surface area (Å²) in [6.45, 7) is 7.59. The molecule has 0 aliphatic heterocycles. The van der Waals surface area contributed by atoms with Gasteiger partial charge in [-0.15, -0.1) is 0 Å². The van der Waals surface area contributed by atoms with E-state index < -0.39 is 0 Å². The Bertz CT molecular complexity index is 427. The number of hydrogen-bond acceptors (Lipinski definition) is 2. The quantitative estimate of drug-likeness (QED) is 0.916. The molecule has 3 atom stereocenters. The minimum atomic E-state index is 0.656. The second kappa shape index (κ2) is 6.40. The Morgan fingerprint density at radius 1 is 1.42 bits per heavy atom. The molecule has 3 nitrogen and oxygen atoms in total. The molecular formula is C15H26BrN3. The van der Waals surface area contributed by atoms with E-state index in [4.69, 9.17) is 0 Å². The molecular weight excluding hydrogens is 302 g/mol. The summed E-state index contributed by atoms with van der Waals surface area (Å²) in [6.07, 6.45) is 5.12. The monoisotopic (exact) mass is 327 g/mol. The highest BCUT2D eigenvalue weighted by atomic mass is 79.9. The van der Waals surface area contributed by atoms with Crippen LogP contribution >= 0.6 is 15.9 Å². The lowest BCUT2D eigenvalue weighted by atomic mass is 9.76. The Morgan fingerprint density at radius 3 is 2.79 bits per heavy atom. The van der Waals surface area contributed by atoms with E-state index >= 15 is 0 Å². The number of nitrogens with one attached hydrogen (secondary N) is 1. The predicted molar refractivity (Wildman–Crippen MR) is 83.4 cm³/mol. The molecule has 0 aromatic carbocycles. The molecule has 1 fully saturated rings. The van der Waals surface area contributed by atoms with E-state index in [1.807, 2.05) is 0 Å². The first-order chi connectivity index (χ1) is 9.06. The summed E-state index contributed by atoms with van der Waals surface area (Å²) >= 11 is 3.72. The van der Waals surface area contributed by atoms with Gasteiger partial charge < -0.3 is 5.32 Å². The summed E-state index contributed by atoms with van der Waals surface area (Å²) in [5.41, 5.74) is 2.49. The minimum Gasteiger partial charge on any atom is -0.317 e. The highest BCUT2D eigenvalue weighted by molar-refractivity contribution is 9.10. The molecule has 1 aromatic rings. The van der Waals surface area contributed by atoms with E-state index in [9.17, 15) is 0 Å². The van der Waals surface area contributed by atoms with Crippen LogP contribution in [0.25, 0.3) is 0 Å². The third-order valence-electron chi connectivity index (χ3n) is 4.52. The Labute approximate surface area is 125 Å². The van der Waals surface area contributed by atoms with Gasteiger partial charge in [0.1, 0.15) is 0 Å². The molecule has 2 rings (SSSR count). The average Bonchev–Trinajstić information content (AvgIpc) is 2.67. The van der Waals surface area contributed by atoms with Crippen molar-refractivity contribution in [3.05, 3.63) is 15.9 Å². The molecule has 108 valence electrons. The lowest BCUT2D eigenvalue weighted by molar-refractivity contribution is 0.217. The van der Waals surface area contributed by atoms with Gasteiger partial charge in [-0.05, 0) is 74.3 Å². The van der Waals surface area contributed by atoms with Gasteiger partial charge >= 0.3 is 0 Å². The first kappa shape index (κ1) is 15.0. The van der Waals surface area contributed by atoms with Crippen molar-refractivity contribution < 1.29 is 0 Å². The van der Waals surface area contributed by atoms with E-state index in [1.165, 1.54) is 29.4 Å². The SMILES string of the molecule is CCn1nc(C)c(Br)c1CC1CC(C)CCC1NC. The van der Waals surface area contributed by atoms with E-state index in [-0.39, 0.29) is 0 Å². The molecule has 0 bridgehead atoms. The van der Waals surface area contributed by atoms with Crippen molar-refractivity contribution in [2.45, 2.75) is 59.0 Å². The maximum atomic E-state index is 4.61. The van der Waals surface area contributed by atoms with Gasteiger partial charge in [0.15, 0.2) is 0 Å². The zero-order chi connectivity index (χ0) is 14.0. The lowest BCUT2D eigenvalue weighted by Crippen LogP contribution is -2.39. The minimum absolute atomic E-state index is 0.656. The van der Waals surface area contributed by atoms with Crippen LogP contribution in [0.5, 0.6) is 0 Å². The largest absolute Gasteiger partial charge is 0.317 e. The van der Waals surface area contributed by atoms with E-state index in [2.05, 4.69) is 58.8 Å². The Morgan fingerprint density at radius 2 is 2.16 bits per heavy atom. The highest BCUT2D eigenvalue weighted by Crippen LogP contribution is 2.33. The summed E-state index contributed by atoms with van der Waals surface area (Å²) < 4.78 is 3.37. The van der Waals surface area contributed by atoms with Crippen LogP contribution < -0.4 is 5.32 Å². The van der Waals surface area contributed by atoms with Crippen LogP contribution in [-0.2, 0) is 13.0 Å². The van der Waals surface area contributed by atoms with Crippen LogP contribution in [0.1, 0.15) is 44.5 Å². The molecule has 0 radical (unpaired) electrons. The average molecular weight is 328 g/mol. The summed E-state index contributed by atoms with van der Waals surface area (Å²) in [6, 6.07) is 0.656. The zero-order valence-corrected chi connectivity index (χ0v) is 14.1. The molecule has 1 N–H and O–H groups in total. The second-order valence-corrected chi connectivity index (χ2v) is 6.73. The van der Waals surface area contributed by atoms with Crippen molar-refractivity contribution in [1.82, 2.24) is 15.1 Å². The van der Waals surface area contributed by atoms with Gasteiger partial charge in [-0.25, -0.2) is 0 Å². The van der Waals surface area contributed by atoms with Gasteiger partial charge in [-0.1, -0.05) is 6.92 Å². The van der Waals surface area contributed by atoms with Crippen molar-refractivity contribution in [3.63, 3.8) is 0 Å². The standard InChI is InChI=1S/C15H26BrN3/c1-5-19-14(15(16)11(3)18-19)9-12-8-10(2)6-7-13(12)17-4/h10,12-13,17H,5-9H2,1-4H3. The number of aromatic nitrogens is 2. The van der Waals surface area contributed by atoms with Crippen LogP contribution in [0.2, 0.25) is 0 Å². The molecule has 0 saturated heterocycles. The molecule has 3 unspecified atom stereocenters. The maximum absolute atomic E-state index is 4.61. The van der Waals surface area contributed by atoms with Crippen LogP contribution in [0, 0.1) is 18.8 Å². The van der Waals surface area contributed by atoms with E-state index in [0.29, 0.717) is 6.04 Å². The van der Waals surface area contributed by atoms with Gasteiger partial charge in [0.2, 0.25) is 0 Å². The van der Waals surface area contributed by atoms with Crippen molar-refractivity contribution in [2.24, 2.45) is 11.8 Å². The molecule has 19 heavy (non-hydrogen) atoms. The summed E-state index contributed by atoms with van der Waals surface area (Å²) in [5.74, 6) is 1.58. The Kier molecular flexibility index (Phi) is 5.07. The van der Waals surface area contributed by atoms with Crippen LogP contribution in [0.15, 0.2) is 4.47 Å². The molecule has 1 aliphatic rings. The van der Waals surface area contributed by atoms with Gasteiger partial charge in [0.05, 0.1) is 15.9 Å². The number of rotatable bonds is 4. The highest BCUT2D eigenvalue weighted by Gasteiger charge is 2.29. The van der Waals surface area contributed by atoms with Gasteiger partial charge in [-0.3, -0.25) is 4.68 Å². The number of halogens is 1. The van der Waals surface area contributed by atoms with Gasteiger partial charge in [0, 0.05) is 12.6 Å². The first-order valence-corrected chi connectivity index (χ1v) is 8.25. The van der Waals surface area contributed by atoms with E-state index in [0.717, 1.165) is 30.5 Å². The zero-order valence-electron chi connectivity index (χ0n) is 12.5. The summed E-state index contributed by atoms with van der Waals surface area (Å²) in [4.78, 5) is 0. The van der Waals surface area contributed by atoms with Crippen molar-refractivity contribution in [2.75, 3.05) is 7.05 Å². The number of aryl methyl sites for hydroxylation is 2. The van der Waals surface area contributed by atoms with Crippen molar-refractivity contribution in [3.8, 4) is 0 Å². The fourth-order valence-electron chi connectivity index (χ4n) is 3.42. The molecule has 4 heteroatoms. The van der Waals surface area contributed by atoms with Crippen LogP contribution in [-0.4, -0.2) is 22.9 Å². The van der Waals surface area contributed by atoms with E-state index in [1.54, 1.807) is 0 Å². The summed E-state index contributed by atoms with van der Waals surface area (Å²) in [5, 5.41) is 8.13. The molecule has 1 heterocycles. The topological polar surface area (TPSA) is 29.9 Å². The van der Waals surface area contributed by atoms with Crippen molar-refractivity contribution in [1.29, 1.82) is 0 Å². The van der Waals surface area contributed by atoms with Crippen LogP contribution in [0.4, 0.5) is 0 Å². The molecule has 0 amide bonds. The fourth-order valence-corrected chi connectivity index (χ4v) is 3.86. The normalized spacial score (nSPS) is 27.7. The third-order valence-corrected chi connectivity index (χ3v) is 5.56. The van der Waals surface area contributed by atoms with Gasteiger partial charge in [-0.2, -0.15) is 5.10 Å². The molecule has 1 aliphatic carbocycles. The van der Waals surface area contributed by atoms with Crippen LogP contribution in [0.3, 0.4) is 0 Å². The van der Waals surface area contributed by atoms with Crippen molar-refractivity contribution >= 4 is 15.9 Å². The molecule has 0 spiro atoms. The Hall–Kier alpha value is -0.350. The first-order valence-electron chi connectivity index (χ1n) is 7.45. The summed E-state index contributed by atoms with van der Waals surface area (Å²) in [7, 11) is 2.10. The third kappa shape index (κ3) is 3.22. The molecule has 1 saturated carbocycles. The number of hydrogen-bond donors (Lipinski definition) is 1. The fraction of sp³-hybridized carbons (Fsp3) is 0.800. The predicted octanol–water partition coefficient (Wildman–Crippen LogP) is 3.54. The lowest BCUT2D eigenvalue weighted by Gasteiger charge is -2.35. The Balaban J connectivity index is 2.18. The maximum Gasteiger partial charge on any atom is 0.0738 e. The second-order valence-electron chi connectivity index (χ2n) is 5.94. The van der Waals surface area contributed by atoms with Gasteiger partial charge in [0.25, 0.3) is 0 Å². The molecule has 1 aromatic heterocycles. The number of nitrogens with zero attached hydrogens (tertiary/aromatic N) is 2. The smallest absolute Gasteiger partial charge is 0.0738 e.